The molecule has 0 unspecified atom stereocenters. The quantitative estimate of drug-likeness (QED) is 0.140. The third-order valence-corrected chi connectivity index (χ3v) is 8.78. The van der Waals surface area contributed by atoms with Crippen molar-refractivity contribution in [2.45, 2.75) is 19.8 Å². The first-order chi connectivity index (χ1) is 23.2. The standard InChI is InChI=1S/C36H43N9O3/c1-4-45(28-12-13-30(37)29(20-28)34(38)31-6-5-7-32(42-31)48-3)36(47)27-14-17-43(21-27)22-33(46)44-18-15-25(16-19-44)24-8-10-26(11-9-24)35(39)41-23-40-2/h5-13,15,20,23,27,38H,4,14,16-19,21-22,37H2,1-3H3,(H2,39,40,41)/t27-/m1/s1. The molecule has 2 aliphatic heterocycles. The summed E-state index contributed by atoms with van der Waals surface area (Å²) < 4.78 is 5.21. The van der Waals surface area contributed by atoms with Gasteiger partial charge in [-0.2, -0.15) is 0 Å². The Labute approximate surface area is 281 Å². The largest absolute Gasteiger partial charge is 0.481 e. The van der Waals surface area contributed by atoms with Crippen molar-refractivity contribution in [3.63, 3.8) is 0 Å². The van der Waals surface area contributed by atoms with Crippen LogP contribution in [0.2, 0.25) is 0 Å². The molecule has 1 saturated heterocycles. The molecule has 0 bridgehead atoms. The lowest BCUT2D eigenvalue weighted by atomic mass is 9.98. The number of nitrogens with zero attached hydrogens (tertiary/aromatic N) is 5. The number of nitrogens with two attached hydrogens (primary N) is 1. The fraction of sp³-hybridized carbons (Fsp3) is 0.333. The van der Waals surface area contributed by atoms with Gasteiger partial charge in [-0.3, -0.25) is 25.3 Å². The SMILES string of the molecule is CCN(C(=O)[C@@H]1CCN(CC(=O)N2CC=C(c3ccc(C(=N)/N=C\NC)cc3)CC2)C1)c1ccc(N)c(C(=N)c2cccc(OC)n2)c1. The Morgan fingerprint density at radius 1 is 1.15 bits per heavy atom. The van der Waals surface area contributed by atoms with Crippen molar-refractivity contribution in [2.75, 3.05) is 64.1 Å². The van der Waals surface area contributed by atoms with Gasteiger partial charge in [-0.1, -0.05) is 36.4 Å². The number of rotatable bonds is 11. The molecule has 1 fully saturated rings. The van der Waals surface area contributed by atoms with Crippen molar-refractivity contribution in [1.82, 2.24) is 20.1 Å². The number of benzene rings is 2. The minimum atomic E-state index is -0.237. The molecule has 1 atom stereocenters. The van der Waals surface area contributed by atoms with Gasteiger partial charge in [-0.15, -0.1) is 0 Å². The van der Waals surface area contributed by atoms with E-state index >= 15 is 0 Å². The molecule has 0 radical (unpaired) electrons. The van der Waals surface area contributed by atoms with Crippen LogP contribution in [0.4, 0.5) is 11.4 Å². The summed E-state index contributed by atoms with van der Waals surface area (Å²) in [4.78, 5) is 41.1. The van der Waals surface area contributed by atoms with Crippen molar-refractivity contribution < 1.29 is 14.3 Å². The van der Waals surface area contributed by atoms with Crippen LogP contribution in [-0.2, 0) is 9.59 Å². The van der Waals surface area contributed by atoms with Gasteiger partial charge in [0.1, 0.15) is 0 Å². The number of amides is 2. The minimum absolute atomic E-state index is 0.00487. The second kappa shape index (κ2) is 15.5. The van der Waals surface area contributed by atoms with Gasteiger partial charge in [-0.05, 0) is 61.7 Å². The number of nitrogen functional groups attached to an aromatic ring is 1. The Balaban J connectivity index is 1.17. The molecule has 0 spiro atoms. The van der Waals surface area contributed by atoms with Crippen LogP contribution in [0.25, 0.3) is 5.57 Å². The van der Waals surface area contributed by atoms with Gasteiger partial charge < -0.3 is 25.6 Å². The van der Waals surface area contributed by atoms with Gasteiger partial charge in [0.05, 0.1) is 37.3 Å². The van der Waals surface area contributed by atoms with E-state index in [-0.39, 0.29) is 35.8 Å². The van der Waals surface area contributed by atoms with Gasteiger partial charge >= 0.3 is 0 Å². The predicted octanol–water partition coefficient (Wildman–Crippen LogP) is 3.65. The highest BCUT2D eigenvalue weighted by Gasteiger charge is 2.33. The number of aromatic nitrogens is 1. The summed E-state index contributed by atoms with van der Waals surface area (Å²) in [6, 6.07) is 18.3. The van der Waals surface area contributed by atoms with Gasteiger partial charge in [-0.25, -0.2) is 9.98 Å². The van der Waals surface area contributed by atoms with Crippen molar-refractivity contribution >= 4 is 46.6 Å². The molecular weight excluding hydrogens is 606 g/mol. The van der Waals surface area contributed by atoms with Crippen LogP contribution in [0.3, 0.4) is 0 Å². The van der Waals surface area contributed by atoms with E-state index in [0.717, 1.165) is 17.5 Å². The Kier molecular flexibility index (Phi) is 11.0. The highest BCUT2D eigenvalue weighted by Crippen LogP contribution is 2.28. The summed E-state index contributed by atoms with van der Waals surface area (Å²) in [6.45, 7) is 5.03. The number of hydrogen-bond acceptors (Lipinski definition) is 8. The van der Waals surface area contributed by atoms with E-state index in [1.807, 2.05) is 36.1 Å². The zero-order valence-electron chi connectivity index (χ0n) is 27.7. The van der Waals surface area contributed by atoms with Crippen LogP contribution in [0.1, 0.15) is 42.1 Å². The molecule has 3 aromatic rings. The van der Waals surface area contributed by atoms with Gasteiger partial charge in [0.25, 0.3) is 0 Å². The first-order valence-electron chi connectivity index (χ1n) is 16.1. The molecule has 5 N–H and O–H groups in total. The van der Waals surface area contributed by atoms with E-state index in [2.05, 4.69) is 26.3 Å². The lowest BCUT2D eigenvalue weighted by Gasteiger charge is -2.29. The molecule has 250 valence electrons. The topological polar surface area (TPSA) is 164 Å². The number of amidine groups is 1. The first kappa shape index (κ1) is 34.0. The molecule has 2 aliphatic rings. The van der Waals surface area contributed by atoms with Crippen LogP contribution in [0.5, 0.6) is 5.88 Å². The van der Waals surface area contributed by atoms with Crippen LogP contribution >= 0.6 is 0 Å². The lowest BCUT2D eigenvalue weighted by Crippen LogP contribution is -2.42. The number of nitrogens with one attached hydrogen (secondary N) is 3. The number of pyridine rings is 1. The van der Waals surface area contributed by atoms with E-state index in [9.17, 15) is 9.59 Å². The third-order valence-electron chi connectivity index (χ3n) is 8.78. The normalized spacial score (nSPS) is 16.4. The zero-order chi connectivity index (χ0) is 34.2. The second-order valence-electron chi connectivity index (χ2n) is 11.8. The zero-order valence-corrected chi connectivity index (χ0v) is 27.7. The Hall–Kier alpha value is -5.36. The molecule has 12 heteroatoms. The van der Waals surface area contributed by atoms with E-state index in [1.165, 1.54) is 19.0 Å². The summed E-state index contributed by atoms with van der Waals surface area (Å²) in [5.41, 5.74) is 11.4. The third kappa shape index (κ3) is 7.77. The number of anilines is 2. The summed E-state index contributed by atoms with van der Waals surface area (Å²) in [7, 11) is 3.27. The van der Waals surface area contributed by atoms with Crippen LogP contribution in [-0.4, -0.2) is 97.9 Å². The molecule has 1 aromatic heterocycles. The number of carbonyl (C=O) groups is 2. The van der Waals surface area contributed by atoms with Gasteiger partial charge in [0, 0.05) is 61.8 Å². The van der Waals surface area contributed by atoms with E-state index in [1.54, 1.807) is 48.3 Å². The predicted molar refractivity (Wildman–Crippen MR) is 190 cm³/mol. The van der Waals surface area contributed by atoms with Crippen molar-refractivity contribution in [3.8, 4) is 5.88 Å². The summed E-state index contributed by atoms with van der Waals surface area (Å²) in [6.07, 6.45) is 5.01. The summed E-state index contributed by atoms with van der Waals surface area (Å²) >= 11 is 0. The van der Waals surface area contributed by atoms with Crippen LogP contribution in [0.15, 0.2) is 71.7 Å². The van der Waals surface area contributed by atoms with Crippen molar-refractivity contribution in [2.24, 2.45) is 10.9 Å². The summed E-state index contributed by atoms with van der Waals surface area (Å²) in [5.74, 6) is 0.413. The molecule has 2 aromatic carbocycles. The fourth-order valence-corrected chi connectivity index (χ4v) is 6.09. The molecule has 12 nitrogen and oxygen atoms in total. The highest BCUT2D eigenvalue weighted by molar-refractivity contribution is 6.13. The molecular formula is C36H43N9O3. The van der Waals surface area contributed by atoms with E-state index < -0.39 is 0 Å². The number of hydrogen-bond donors (Lipinski definition) is 4. The maximum Gasteiger partial charge on any atom is 0.237 e. The van der Waals surface area contributed by atoms with Gasteiger partial charge in [0.2, 0.25) is 17.7 Å². The smallest absolute Gasteiger partial charge is 0.237 e. The molecule has 2 amide bonds. The molecule has 48 heavy (non-hydrogen) atoms. The average molecular weight is 650 g/mol. The summed E-state index contributed by atoms with van der Waals surface area (Å²) in [5, 5.41) is 19.6. The molecule has 0 saturated carbocycles. The molecule has 5 rings (SSSR count). The lowest BCUT2D eigenvalue weighted by molar-refractivity contribution is -0.132. The monoisotopic (exact) mass is 649 g/mol. The van der Waals surface area contributed by atoms with Crippen LogP contribution < -0.4 is 20.7 Å². The van der Waals surface area contributed by atoms with E-state index in [4.69, 9.17) is 21.3 Å². The second-order valence-corrected chi connectivity index (χ2v) is 11.8. The number of carbonyl (C=O) groups excluding carboxylic acids is 2. The number of aliphatic imine (C=N–C) groups is 1. The van der Waals surface area contributed by atoms with Crippen molar-refractivity contribution in [1.29, 1.82) is 10.8 Å². The van der Waals surface area contributed by atoms with E-state index in [0.29, 0.717) is 67.7 Å². The Morgan fingerprint density at radius 2 is 1.94 bits per heavy atom. The average Bonchev–Trinajstić information content (AvgIpc) is 3.59. The number of likely N-dealkylation sites (tertiary alicyclic amines) is 1. The first-order valence-corrected chi connectivity index (χ1v) is 16.1. The number of ether oxygens (including phenoxy) is 1. The Bertz CT molecular complexity index is 1730. The fourth-order valence-electron chi connectivity index (χ4n) is 6.09. The highest BCUT2D eigenvalue weighted by atomic mass is 16.5. The minimum Gasteiger partial charge on any atom is -0.481 e. The molecule has 3 heterocycles. The maximum atomic E-state index is 13.8. The van der Waals surface area contributed by atoms with Crippen molar-refractivity contribution in [3.05, 3.63) is 89.1 Å². The van der Waals surface area contributed by atoms with Crippen LogP contribution in [0, 0.1) is 16.7 Å². The Morgan fingerprint density at radius 3 is 2.62 bits per heavy atom. The maximum absolute atomic E-state index is 13.8. The van der Waals surface area contributed by atoms with Gasteiger partial charge in [0.15, 0.2) is 5.84 Å². The number of methoxy groups -OCH3 is 1. The molecule has 0 aliphatic carbocycles.